The molecule has 0 amide bonds. The molecule has 3 aromatic rings. The second-order valence-corrected chi connectivity index (χ2v) is 16.5. The molecule has 1 atom stereocenters. The lowest BCUT2D eigenvalue weighted by molar-refractivity contribution is -0.0212. The Morgan fingerprint density at radius 3 is 2.60 bits per heavy atom. The Labute approximate surface area is 214 Å². The fourth-order valence-corrected chi connectivity index (χ4v) is 4.90. The average molecular weight is 514 g/mol. The van der Waals surface area contributed by atoms with E-state index in [-0.39, 0.29) is 6.10 Å². The lowest BCUT2D eigenvalue weighted by Crippen LogP contribution is -2.23. The summed E-state index contributed by atoms with van der Waals surface area (Å²) in [6, 6.07) is 14.7. The van der Waals surface area contributed by atoms with Crippen molar-refractivity contribution in [1.82, 2.24) is 14.9 Å². The molecule has 1 aliphatic rings. The first-order chi connectivity index (χ1) is 16.7. The lowest BCUT2D eigenvalue weighted by Gasteiger charge is -2.19. The van der Waals surface area contributed by atoms with Gasteiger partial charge in [0.25, 0.3) is 0 Å². The molecule has 0 fully saturated rings. The highest BCUT2D eigenvalue weighted by molar-refractivity contribution is 6.76. The van der Waals surface area contributed by atoms with Crippen molar-refractivity contribution in [3.63, 3.8) is 0 Å². The number of rotatable bonds is 11. The maximum atomic E-state index is 6.37. The normalized spacial score (nSPS) is 13.6. The van der Waals surface area contributed by atoms with Gasteiger partial charge in [0.15, 0.2) is 0 Å². The van der Waals surface area contributed by atoms with Gasteiger partial charge in [-0.25, -0.2) is 4.98 Å². The minimum absolute atomic E-state index is 0.290. The Kier molecular flexibility index (Phi) is 8.34. The number of nitrogens with one attached hydrogen (secondary N) is 1. The summed E-state index contributed by atoms with van der Waals surface area (Å²) in [4.78, 5) is 10.8. The third-order valence-corrected chi connectivity index (χ3v) is 7.87. The monoisotopic (exact) mass is 513 g/mol. The summed E-state index contributed by atoms with van der Waals surface area (Å²) in [6.07, 6.45) is 0.648. The number of aromatic amines is 1. The molecule has 8 heteroatoms. The molecule has 4 rings (SSSR count). The molecule has 1 aromatic heterocycles. The zero-order valence-corrected chi connectivity index (χ0v) is 23.1. The first-order valence-electron chi connectivity index (χ1n) is 12.2. The van der Waals surface area contributed by atoms with Crippen molar-refractivity contribution in [2.24, 2.45) is 0 Å². The standard InChI is InChI=1S/C27H36ClN3O3Si/c1-31(2)13-8-14-33-24(18-32-15-16-35(3,4)5)27-29-25-20-9-6-7-10-22(20)34-23-12-11-19(28)17-21(23)26(25)30-27/h6-7,9-12,17,24H,8,13-16,18H2,1-5H3,(H,29,30). The predicted octanol–water partition coefficient (Wildman–Crippen LogP) is 6.87. The van der Waals surface area contributed by atoms with Crippen LogP contribution in [0.5, 0.6) is 11.5 Å². The van der Waals surface area contributed by atoms with E-state index in [0.29, 0.717) is 18.2 Å². The lowest BCUT2D eigenvalue weighted by atomic mass is 10.1. The van der Waals surface area contributed by atoms with Crippen LogP contribution in [0, 0.1) is 0 Å². The van der Waals surface area contributed by atoms with Gasteiger partial charge in [0.05, 0.1) is 12.3 Å². The van der Waals surface area contributed by atoms with Crippen molar-refractivity contribution in [3.05, 3.63) is 53.3 Å². The molecule has 2 heterocycles. The zero-order chi connectivity index (χ0) is 25.0. The van der Waals surface area contributed by atoms with Crippen molar-refractivity contribution >= 4 is 19.7 Å². The van der Waals surface area contributed by atoms with E-state index < -0.39 is 8.07 Å². The number of ether oxygens (including phenoxy) is 3. The first kappa shape index (κ1) is 25.9. The molecule has 0 radical (unpaired) electrons. The number of para-hydroxylation sites is 1. The zero-order valence-electron chi connectivity index (χ0n) is 21.4. The summed E-state index contributed by atoms with van der Waals surface area (Å²) in [5, 5.41) is 0.639. The van der Waals surface area contributed by atoms with Crippen LogP contribution >= 0.6 is 11.6 Å². The van der Waals surface area contributed by atoms with E-state index in [0.717, 1.165) is 65.5 Å². The number of aromatic nitrogens is 2. The van der Waals surface area contributed by atoms with Crippen LogP contribution < -0.4 is 4.74 Å². The van der Waals surface area contributed by atoms with Crippen molar-refractivity contribution in [2.45, 2.75) is 38.2 Å². The summed E-state index contributed by atoms with van der Waals surface area (Å²) >= 11 is 6.37. The molecular formula is C27H36ClN3O3Si. The van der Waals surface area contributed by atoms with Crippen molar-refractivity contribution in [3.8, 4) is 34.0 Å². The summed E-state index contributed by atoms with van der Waals surface area (Å²) in [6.45, 7) is 9.87. The first-order valence-corrected chi connectivity index (χ1v) is 16.3. The van der Waals surface area contributed by atoms with Crippen LogP contribution in [-0.4, -0.2) is 63.4 Å². The molecule has 0 aliphatic carbocycles. The van der Waals surface area contributed by atoms with Crippen molar-refractivity contribution < 1.29 is 14.2 Å². The Balaban J connectivity index is 1.65. The molecule has 1 aliphatic heterocycles. The van der Waals surface area contributed by atoms with E-state index in [1.807, 2.05) is 42.5 Å². The third-order valence-electron chi connectivity index (χ3n) is 5.93. The second kappa shape index (κ2) is 11.3. The van der Waals surface area contributed by atoms with Crippen molar-refractivity contribution in [1.29, 1.82) is 0 Å². The highest BCUT2D eigenvalue weighted by Gasteiger charge is 2.27. The summed E-state index contributed by atoms with van der Waals surface area (Å²) in [5.74, 6) is 2.27. The van der Waals surface area contributed by atoms with Crippen LogP contribution in [0.3, 0.4) is 0 Å². The minimum Gasteiger partial charge on any atom is -0.456 e. The smallest absolute Gasteiger partial charge is 0.138 e. The number of nitrogens with zero attached hydrogens (tertiary/aromatic N) is 2. The van der Waals surface area contributed by atoms with Gasteiger partial charge in [-0.2, -0.15) is 0 Å². The number of hydrogen-bond donors (Lipinski definition) is 1. The number of H-pyrrole nitrogens is 1. The van der Waals surface area contributed by atoms with E-state index >= 15 is 0 Å². The van der Waals surface area contributed by atoms with Gasteiger partial charge in [0.1, 0.15) is 29.1 Å². The van der Waals surface area contributed by atoms with E-state index in [1.54, 1.807) is 0 Å². The van der Waals surface area contributed by atoms with Gasteiger partial charge >= 0.3 is 0 Å². The number of imidazole rings is 1. The molecule has 1 unspecified atom stereocenters. The highest BCUT2D eigenvalue weighted by atomic mass is 35.5. The van der Waals surface area contributed by atoms with Gasteiger partial charge in [-0.15, -0.1) is 0 Å². The van der Waals surface area contributed by atoms with E-state index in [9.17, 15) is 0 Å². The van der Waals surface area contributed by atoms with Crippen LogP contribution in [0.4, 0.5) is 0 Å². The number of benzene rings is 2. The summed E-state index contributed by atoms with van der Waals surface area (Å²) in [7, 11) is 2.97. The van der Waals surface area contributed by atoms with E-state index in [2.05, 4.69) is 43.6 Å². The molecule has 0 spiro atoms. The SMILES string of the molecule is CN(C)CCCOC(COCC[Si](C)(C)C)c1nc2c([nH]1)-c1ccccc1Oc1ccc(Cl)cc1-2. The largest absolute Gasteiger partial charge is 0.456 e. The fourth-order valence-electron chi connectivity index (χ4n) is 3.97. The Morgan fingerprint density at radius 1 is 1.06 bits per heavy atom. The topological polar surface area (TPSA) is 59.6 Å². The molecule has 0 saturated heterocycles. The van der Waals surface area contributed by atoms with Gasteiger partial charge in [-0.05, 0) is 63.4 Å². The summed E-state index contributed by atoms with van der Waals surface area (Å²) < 4.78 is 18.7. The Hall–Kier alpha value is -2.16. The van der Waals surface area contributed by atoms with Gasteiger partial charge < -0.3 is 24.1 Å². The average Bonchev–Trinajstić information content (AvgIpc) is 3.18. The molecule has 6 nitrogen and oxygen atoms in total. The van der Waals surface area contributed by atoms with Crippen molar-refractivity contribution in [2.75, 3.05) is 40.5 Å². The van der Waals surface area contributed by atoms with Crippen LogP contribution in [-0.2, 0) is 9.47 Å². The number of halogens is 1. The molecular weight excluding hydrogens is 478 g/mol. The minimum atomic E-state index is -1.17. The van der Waals surface area contributed by atoms with E-state index in [4.69, 9.17) is 30.8 Å². The molecule has 0 saturated carbocycles. The predicted molar refractivity (Wildman–Crippen MR) is 145 cm³/mol. The van der Waals surface area contributed by atoms with Gasteiger partial charge in [0, 0.05) is 37.4 Å². The number of fused-ring (bicyclic) bond motifs is 5. The molecule has 2 aromatic carbocycles. The maximum Gasteiger partial charge on any atom is 0.138 e. The van der Waals surface area contributed by atoms with E-state index in [1.165, 1.54) is 0 Å². The van der Waals surface area contributed by atoms with Crippen LogP contribution in [0.25, 0.3) is 22.5 Å². The second-order valence-electron chi connectivity index (χ2n) is 10.5. The maximum absolute atomic E-state index is 6.37. The molecule has 0 bridgehead atoms. The highest BCUT2D eigenvalue weighted by Crippen LogP contribution is 2.46. The van der Waals surface area contributed by atoms with Crippen LogP contribution in [0.2, 0.25) is 30.7 Å². The summed E-state index contributed by atoms with van der Waals surface area (Å²) in [5.41, 5.74) is 3.53. The Bertz CT molecular complexity index is 1140. The molecule has 188 valence electrons. The third kappa shape index (κ3) is 6.74. The van der Waals surface area contributed by atoms with Crippen LogP contribution in [0.15, 0.2) is 42.5 Å². The molecule has 35 heavy (non-hydrogen) atoms. The quantitative estimate of drug-likeness (QED) is 0.175. The number of hydrogen-bond acceptors (Lipinski definition) is 5. The Morgan fingerprint density at radius 2 is 1.83 bits per heavy atom. The fraction of sp³-hybridized carbons (Fsp3) is 0.444. The molecule has 1 N–H and O–H groups in total. The van der Waals surface area contributed by atoms with Gasteiger partial charge in [-0.1, -0.05) is 43.4 Å². The van der Waals surface area contributed by atoms with Crippen LogP contribution in [0.1, 0.15) is 18.3 Å². The van der Waals surface area contributed by atoms with Gasteiger partial charge in [0.2, 0.25) is 0 Å². The van der Waals surface area contributed by atoms with Gasteiger partial charge in [-0.3, -0.25) is 0 Å².